The highest BCUT2D eigenvalue weighted by Gasteiger charge is 2.33. The molecular weight excluding hydrogens is 414 g/mol. The van der Waals surface area contributed by atoms with Crippen molar-refractivity contribution in [1.29, 1.82) is 0 Å². The minimum absolute atomic E-state index is 0.537. The van der Waals surface area contributed by atoms with Gasteiger partial charge in [-0.15, -0.1) is 0 Å². The fourth-order valence-electron chi connectivity index (χ4n) is 5.07. The molecule has 7 heteroatoms. The van der Waals surface area contributed by atoms with E-state index in [0.717, 1.165) is 40.7 Å². The first-order valence-corrected chi connectivity index (χ1v) is 16.1. The van der Waals surface area contributed by atoms with Crippen LogP contribution in [0.15, 0.2) is 31.0 Å². The molecule has 6 nitrogen and oxygen atoms in total. The number of rotatable bonds is 10. The molecule has 172 valence electrons. The second-order valence-electron chi connectivity index (χ2n) is 11.1. The predicted molar refractivity (Wildman–Crippen MR) is 131 cm³/mol. The molecule has 0 saturated heterocycles. The van der Waals surface area contributed by atoms with Gasteiger partial charge in [-0.3, -0.25) is 4.68 Å². The summed E-state index contributed by atoms with van der Waals surface area (Å²) in [7, 11) is -1.08. The van der Waals surface area contributed by atoms with Crippen molar-refractivity contribution < 1.29 is 4.74 Å². The number of ether oxygens (including phenoxy) is 1. The predicted octanol–water partition coefficient (Wildman–Crippen LogP) is 6.14. The summed E-state index contributed by atoms with van der Waals surface area (Å²) in [5.74, 6) is 1.69. The summed E-state index contributed by atoms with van der Waals surface area (Å²) in [5.41, 5.74) is 2.99. The average molecular weight is 452 g/mol. The van der Waals surface area contributed by atoms with Crippen LogP contribution in [-0.4, -0.2) is 39.0 Å². The summed E-state index contributed by atoms with van der Waals surface area (Å²) in [5, 5.41) is 5.91. The molecule has 5 rings (SSSR count). The Labute approximate surface area is 192 Å². The van der Waals surface area contributed by atoms with E-state index >= 15 is 0 Å². The largest absolute Gasteiger partial charge is 0.361 e. The molecule has 1 unspecified atom stereocenters. The van der Waals surface area contributed by atoms with Crippen LogP contribution in [-0.2, 0) is 11.5 Å². The van der Waals surface area contributed by atoms with E-state index in [2.05, 4.69) is 57.3 Å². The lowest BCUT2D eigenvalue weighted by atomic mass is 9.93. The minimum atomic E-state index is -1.08. The normalized spacial score (nSPS) is 18.6. The highest BCUT2D eigenvalue weighted by molar-refractivity contribution is 6.76. The van der Waals surface area contributed by atoms with Crippen LogP contribution in [0.4, 0.5) is 0 Å². The van der Waals surface area contributed by atoms with Crippen molar-refractivity contribution >= 4 is 19.1 Å². The van der Waals surface area contributed by atoms with Crippen molar-refractivity contribution in [3.63, 3.8) is 0 Å². The SMILES string of the molecule is C[Si](C)(C)CCOCn1ccc2c(-c3cnn(C(CC4CC4)C4CCCC4)c3)ncnc21. The Morgan fingerprint density at radius 2 is 1.94 bits per heavy atom. The highest BCUT2D eigenvalue weighted by atomic mass is 28.3. The molecule has 0 radical (unpaired) electrons. The van der Waals surface area contributed by atoms with Crippen LogP contribution >= 0.6 is 0 Å². The van der Waals surface area contributed by atoms with Gasteiger partial charge >= 0.3 is 0 Å². The van der Waals surface area contributed by atoms with Crippen molar-refractivity contribution in [1.82, 2.24) is 24.3 Å². The van der Waals surface area contributed by atoms with E-state index in [9.17, 15) is 0 Å². The van der Waals surface area contributed by atoms with E-state index in [0.29, 0.717) is 12.8 Å². The van der Waals surface area contributed by atoms with Crippen molar-refractivity contribution in [2.24, 2.45) is 11.8 Å². The Morgan fingerprint density at radius 1 is 1.12 bits per heavy atom. The Balaban J connectivity index is 1.34. The molecule has 2 saturated carbocycles. The molecule has 0 aromatic carbocycles. The van der Waals surface area contributed by atoms with Gasteiger partial charge in [0, 0.05) is 38.0 Å². The topological polar surface area (TPSA) is 57.8 Å². The smallest absolute Gasteiger partial charge is 0.145 e. The average Bonchev–Trinajstić information content (AvgIpc) is 3.18. The van der Waals surface area contributed by atoms with Crippen LogP contribution in [0, 0.1) is 11.8 Å². The first-order chi connectivity index (χ1) is 15.5. The highest BCUT2D eigenvalue weighted by Crippen LogP contribution is 2.44. The maximum Gasteiger partial charge on any atom is 0.145 e. The van der Waals surface area contributed by atoms with Crippen LogP contribution < -0.4 is 0 Å². The van der Waals surface area contributed by atoms with E-state index in [1.807, 2.05) is 6.20 Å². The van der Waals surface area contributed by atoms with Crippen molar-refractivity contribution in [2.75, 3.05) is 6.61 Å². The van der Waals surface area contributed by atoms with E-state index in [1.54, 1.807) is 6.33 Å². The maximum absolute atomic E-state index is 5.96. The summed E-state index contributed by atoms with van der Waals surface area (Å²) in [6.07, 6.45) is 17.5. The van der Waals surface area contributed by atoms with E-state index < -0.39 is 8.07 Å². The number of hydrogen-bond donors (Lipinski definition) is 0. The Hall–Kier alpha value is -1.99. The van der Waals surface area contributed by atoms with Gasteiger partial charge in [0.2, 0.25) is 0 Å². The van der Waals surface area contributed by atoms with Gasteiger partial charge in [0.25, 0.3) is 0 Å². The van der Waals surface area contributed by atoms with Crippen LogP contribution in [0.3, 0.4) is 0 Å². The lowest BCUT2D eigenvalue weighted by Crippen LogP contribution is -2.22. The molecule has 1 atom stereocenters. The summed E-state index contributed by atoms with van der Waals surface area (Å²) in [4.78, 5) is 9.21. The fraction of sp³-hybridized carbons (Fsp3) is 0.640. The zero-order valence-corrected chi connectivity index (χ0v) is 20.8. The maximum atomic E-state index is 5.96. The summed E-state index contributed by atoms with van der Waals surface area (Å²) in [6.45, 7) is 8.48. The Kier molecular flexibility index (Phi) is 6.21. The van der Waals surface area contributed by atoms with Gasteiger partial charge in [0.1, 0.15) is 18.7 Å². The zero-order chi connectivity index (χ0) is 22.1. The molecule has 0 amide bonds. The monoisotopic (exact) mass is 451 g/mol. The third-order valence-electron chi connectivity index (χ3n) is 7.21. The number of hydrogen-bond acceptors (Lipinski definition) is 4. The lowest BCUT2D eigenvalue weighted by molar-refractivity contribution is 0.0899. The lowest BCUT2D eigenvalue weighted by Gasteiger charge is -2.24. The number of nitrogens with zero attached hydrogens (tertiary/aromatic N) is 5. The minimum Gasteiger partial charge on any atom is -0.361 e. The van der Waals surface area contributed by atoms with E-state index in [-0.39, 0.29) is 0 Å². The van der Waals surface area contributed by atoms with E-state index in [1.165, 1.54) is 51.0 Å². The van der Waals surface area contributed by atoms with Gasteiger partial charge in [-0.2, -0.15) is 5.10 Å². The number of aromatic nitrogens is 5. The van der Waals surface area contributed by atoms with Crippen molar-refractivity contribution in [3.05, 3.63) is 31.0 Å². The third kappa shape index (κ3) is 4.99. The molecule has 0 N–H and O–H groups in total. The van der Waals surface area contributed by atoms with Crippen LogP contribution in [0.5, 0.6) is 0 Å². The van der Waals surface area contributed by atoms with Crippen molar-refractivity contribution in [2.45, 2.75) is 83.4 Å². The Morgan fingerprint density at radius 3 is 2.69 bits per heavy atom. The van der Waals surface area contributed by atoms with Gasteiger partial charge in [0.15, 0.2) is 0 Å². The molecule has 32 heavy (non-hydrogen) atoms. The standard InChI is InChI=1S/C25H37N5OSi/c1-32(2,3)13-12-31-18-29-11-10-22-24(26-17-27-25(22)29)21-15-28-30(16-21)23(14-19-8-9-19)20-6-4-5-7-20/h10-11,15-17,19-20,23H,4-9,12-14,18H2,1-3H3. The van der Waals surface area contributed by atoms with Gasteiger partial charge in [0.05, 0.1) is 17.9 Å². The van der Waals surface area contributed by atoms with Gasteiger partial charge in [-0.05, 0) is 43.2 Å². The van der Waals surface area contributed by atoms with E-state index in [4.69, 9.17) is 9.84 Å². The third-order valence-corrected chi connectivity index (χ3v) is 8.92. The van der Waals surface area contributed by atoms with Crippen LogP contribution in [0.2, 0.25) is 25.7 Å². The molecule has 3 heterocycles. The molecule has 2 aliphatic rings. The quantitative estimate of drug-likeness (QED) is 0.274. The van der Waals surface area contributed by atoms with Crippen LogP contribution in [0.1, 0.15) is 51.0 Å². The first kappa shape index (κ1) is 21.8. The molecular formula is C25H37N5OSi. The van der Waals surface area contributed by atoms with Gasteiger partial charge < -0.3 is 9.30 Å². The number of fused-ring (bicyclic) bond motifs is 1. The molecule has 0 aliphatic heterocycles. The second kappa shape index (κ2) is 9.10. The second-order valence-corrected chi connectivity index (χ2v) is 16.7. The summed E-state index contributed by atoms with van der Waals surface area (Å²) in [6, 6.07) is 3.83. The molecule has 2 fully saturated rings. The molecule has 2 aliphatic carbocycles. The van der Waals surface area contributed by atoms with Gasteiger partial charge in [-0.25, -0.2) is 9.97 Å². The Bertz CT molecular complexity index is 1040. The zero-order valence-electron chi connectivity index (χ0n) is 19.8. The van der Waals surface area contributed by atoms with Gasteiger partial charge in [-0.1, -0.05) is 45.3 Å². The molecule has 3 aromatic heterocycles. The van der Waals surface area contributed by atoms with Crippen molar-refractivity contribution in [3.8, 4) is 11.3 Å². The molecule has 0 bridgehead atoms. The van der Waals surface area contributed by atoms with Crippen LogP contribution in [0.25, 0.3) is 22.3 Å². The summed E-state index contributed by atoms with van der Waals surface area (Å²) >= 11 is 0. The molecule has 0 spiro atoms. The fourth-order valence-corrected chi connectivity index (χ4v) is 5.83. The molecule has 3 aromatic rings. The first-order valence-electron chi connectivity index (χ1n) is 12.4. The summed E-state index contributed by atoms with van der Waals surface area (Å²) < 4.78 is 10.3.